The molecule has 0 saturated heterocycles. The zero-order valence-electron chi connectivity index (χ0n) is 24.6. The molecule has 0 unspecified atom stereocenters. The Morgan fingerprint density at radius 3 is 2.25 bits per heavy atom. The zero-order chi connectivity index (χ0) is 32.0. The van der Waals surface area contributed by atoms with Gasteiger partial charge in [0.15, 0.2) is 5.58 Å². The second kappa shape index (κ2) is 14.0. The minimum absolute atomic E-state index is 0.00338. The smallest absolute Gasteiger partial charge is 0.336 e. The standard InChI is InChI=1S/C32H38N4O7S/c1-20-25(34)15-13-23-28(21-10-5-6-11-22(21)32(39)40)24-14-16-26(35)31(30(24)43-29(20)23)44(41,42)36(19-9-3-7-17-33)18-8-2-4-12-27(37)38/h5-6,10-11,13-16,34H,2-4,7-9,12,17-19,33,35H2,1H3,(H,37,38)(H,39,40). The normalized spacial score (nSPS) is 11.9. The van der Waals surface area contributed by atoms with Crippen molar-refractivity contribution in [2.24, 2.45) is 5.73 Å². The van der Waals surface area contributed by atoms with Gasteiger partial charge in [-0.3, -0.25) is 4.79 Å². The van der Waals surface area contributed by atoms with Gasteiger partial charge in [0.1, 0.15) is 10.7 Å². The first-order chi connectivity index (χ1) is 21.0. The Morgan fingerprint density at radius 1 is 0.909 bits per heavy atom. The molecule has 234 valence electrons. The lowest BCUT2D eigenvalue weighted by Gasteiger charge is -2.25. The van der Waals surface area contributed by atoms with Crippen LogP contribution in [0.25, 0.3) is 33.4 Å². The van der Waals surface area contributed by atoms with Gasteiger partial charge in [0.2, 0.25) is 10.0 Å². The maximum absolute atomic E-state index is 14.4. The SMILES string of the molecule is Cc1c2oc3c(S(=O)(=O)N(CCCCCN)CCCCCC(=O)O)c(N)ccc3c(-c3ccccc3C(=O)O)c-2ccc1=N. The van der Waals surface area contributed by atoms with Crippen LogP contribution < -0.4 is 16.8 Å². The van der Waals surface area contributed by atoms with Crippen LogP contribution in [0.1, 0.15) is 60.9 Å². The van der Waals surface area contributed by atoms with Crippen LogP contribution in [0.4, 0.5) is 5.69 Å². The quantitative estimate of drug-likeness (QED) is 0.0684. The van der Waals surface area contributed by atoms with Crippen molar-refractivity contribution in [1.82, 2.24) is 4.31 Å². The molecule has 0 atom stereocenters. The van der Waals surface area contributed by atoms with Gasteiger partial charge in [0.25, 0.3) is 0 Å². The van der Waals surface area contributed by atoms with E-state index in [9.17, 15) is 23.1 Å². The lowest BCUT2D eigenvalue weighted by Crippen LogP contribution is -2.34. The molecule has 2 aromatic carbocycles. The number of aromatic carboxylic acids is 1. The molecule has 4 rings (SSSR count). The Balaban J connectivity index is 1.96. The van der Waals surface area contributed by atoms with Crippen LogP contribution in [-0.4, -0.2) is 54.5 Å². The summed E-state index contributed by atoms with van der Waals surface area (Å²) in [5, 5.41) is 27.9. The van der Waals surface area contributed by atoms with Gasteiger partial charge in [-0.2, -0.15) is 4.31 Å². The van der Waals surface area contributed by atoms with E-state index in [2.05, 4.69) is 0 Å². The third-order valence-electron chi connectivity index (χ3n) is 7.73. The van der Waals surface area contributed by atoms with Gasteiger partial charge in [-0.1, -0.05) is 31.0 Å². The number of aliphatic carboxylic acids is 1. The lowest BCUT2D eigenvalue weighted by molar-refractivity contribution is -0.137. The number of benzene rings is 3. The number of unbranched alkanes of at least 4 members (excludes halogenated alkanes) is 4. The number of carbonyl (C=O) groups is 2. The molecule has 11 nitrogen and oxygen atoms in total. The number of nitrogen functional groups attached to an aromatic ring is 1. The molecule has 0 radical (unpaired) electrons. The first-order valence-electron chi connectivity index (χ1n) is 14.6. The zero-order valence-corrected chi connectivity index (χ0v) is 25.5. The van der Waals surface area contributed by atoms with E-state index in [0.717, 1.165) is 12.8 Å². The van der Waals surface area contributed by atoms with Gasteiger partial charge < -0.3 is 31.5 Å². The van der Waals surface area contributed by atoms with Crippen molar-refractivity contribution in [3.05, 3.63) is 65.0 Å². The van der Waals surface area contributed by atoms with Crippen molar-refractivity contribution >= 4 is 38.6 Å². The van der Waals surface area contributed by atoms with E-state index in [0.29, 0.717) is 59.9 Å². The van der Waals surface area contributed by atoms with Gasteiger partial charge in [-0.25, -0.2) is 13.2 Å². The minimum Gasteiger partial charge on any atom is -0.481 e. The van der Waals surface area contributed by atoms with Crippen molar-refractivity contribution in [2.45, 2.75) is 56.8 Å². The maximum Gasteiger partial charge on any atom is 0.336 e. The number of nitrogens with two attached hydrogens (primary N) is 2. The predicted octanol–water partition coefficient (Wildman–Crippen LogP) is 5.04. The summed E-state index contributed by atoms with van der Waals surface area (Å²) in [6, 6.07) is 12.8. The number of anilines is 1. The predicted molar refractivity (Wildman–Crippen MR) is 168 cm³/mol. The van der Waals surface area contributed by atoms with E-state index in [1.165, 1.54) is 16.4 Å². The van der Waals surface area contributed by atoms with Crippen LogP contribution >= 0.6 is 0 Å². The summed E-state index contributed by atoms with van der Waals surface area (Å²) in [5.41, 5.74) is 13.8. The molecule has 0 amide bonds. The van der Waals surface area contributed by atoms with E-state index in [-0.39, 0.29) is 52.4 Å². The summed E-state index contributed by atoms with van der Waals surface area (Å²) in [5.74, 6) is -1.79. The molecule has 1 aliphatic heterocycles. The third kappa shape index (κ3) is 6.77. The Bertz CT molecular complexity index is 1820. The fourth-order valence-electron chi connectivity index (χ4n) is 5.42. The number of fused-ring (bicyclic) bond motifs is 2. The fraction of sp³-hybridized carbons (Fsp3) is 0.344. The molecule has 1 heterocycles. The molecule has 7 N–H and O–H groups in total. The number of sulfonamides is 1. The molecule has 2 aliphatic rings. The highest BCUT2D eigenvalue weighted by atomic mass is 32.2. The van der Waals surface area contributed by atoms with Gasteiger partial charge in [-0.15, -0.1) is 0 Å². The molecule has 44 heavy (non-hydrogen) atoms. The molecule has 0 fully saturated rings. The van der Waals surface area contributed by atoms with E-state index >= 15 is 0 Å². The minimum atomic E-state index is -4.26. The van der Waals surface area contributed by atoms with Crippen LogP contribution in [0.15, 0.2) is 57.8 Å². The average molecular weight is 623 g/mol. The van der Waals surface area contributed by atoms with E-state index in [1.807, 2.05) is 0 Å². The second-order valence-corrected chi connectivity index (χ2v) is 12.6. The number of carboxylic acids is 2. The maximum atomic E-state index is 14.4. The van der Waals surface area contributed by atoms with Crippen LogP contribution in [0.2, 0.25) is 0 Å². The first kappa shape index (κ1) is 32.6. The highest BCUT2D eigenvalue weighted by Crippen LogP contribution is 2.45. The number of carboxylic acid groups (broad SMARTS) is 2. The summed E-state index contributed by atoms with van der Waals surface area (Å²) < 4.78 is 36.6. The second-order valence-electron chi connectivity index (χ2n) is 10.8. The van der Waals surface area contributed by atoms with Crippen molar-refractivity contribution in [3.63, 3.8) is 0 Å². The molecular formula is C32H38N4O7S. The number of hydrogen-bond acceptors (Lipinski definition) is 8. The van der Waals surface area contributed by atoms with Crippen molar-refractivity contribution in [3.8, 4) is 22.5 Å². The lowest BCUT2D eigenvalue weighted by atomic mass is 9.89. The van der Waals surface area contributed by atoms with Crippen LogP contribution in [0, 0.1) is 12.3 Å². The van der Waals surface area contributed by atoms with E-state index < -0.39 is 22.0 Å². The summed E-state index contributed by atoms with van der Waals surface area (Å²) in [7, 11) is -4.26. The van der Waals surface area contributed by atoms with Gasteiger partial charge in [0.05, 0.1) is 16.6 Å². The Labute approximate surface area is 256 Å². The Hall–Kier alpha value is -4.26. The molecule has 2 aromatic rings. The summed E-state index contributed by atoms with van der Waals surface area (Å²) in [4.78, 5) is 23.0. The highest BCUT2D eigenvalue weighted by Gasteiger charge is 2.32. The average Bonchev–Trinajstić information content (AvgIpc) is 2.98. The molecule has 0 aromatic heterocycles. The van der Waals surface area contributed by atoms with Crippen LogP contribution in [0.3, 0.4) is 0 Å². The van der Waals surface area contributed by atoms with Gasteiger partial charge in [0, 0.05) is 41.6 Å². The largest absolute Gasteiger partial charge is 0.481 e. The van der Waals surface area contributed by atoms with E-state index in [1.54, 1.807) is 43.3 Å². The fourth-order valence-corrected chi connectivity index (χ4v) is 7.17. The molecule has 0 bridgehead atoms. The number of hydrogen-bond donors (Lipinski definition) is 5. The van der Waals surface area contributed by atoms with Crippen LogP contribution in [0.5, 0.6) is 0 Å². The van der Waals surface area contributed by atoms with Crippen molar-refractivity contribution in [1.29, 1.82) is 5.41 Å². The molecule has 0 saturated carbocycles. The van der Waals surface area contributed by atoms with Gasteiger partial charge >= 0.3 is 11.9 Å². The Morgan fingerprint density at radius 2 is 1.59 bits per heavy atom. The number of rotatable bonds is 15. The number of nitrogens with zero attached hydrogens (tertiary/aromatic N) is 1. The van der Waals surface area contributed by atoms with Gasteiger partial charge in [-0.05, 0) is 75.0 Å². The van der Waals surface area contributed by atoms with Crippen molar-refractivity contribution in [2.75, 3.05) is 25.4 Å². The molecule has 1 aliphatic carbocycles. The molecule has 0 spiro atoms. The molecular weight excluding hydrogens is 584 g/mol. The van der Waals surface area contributed by atoms with Crippen LogP contribution in [-0.2, 0) is 14.8 Å². The summed E-state index contributed by atoms with van der Waals surface area (Å²) in [6.45, 7) is 2.53. The van der Waals surface area contributed by atoms with Crippen molar-refractivity contribution < 1.29 is 32.6 Å². The third-order valence-corrected chi connectivity index (χ3v) is 9.71. The topological polar surface area (TPSA) is 201 Å². The summed E-state index contributed by atoms with van der Waals surface area (Å²) >= 11 is 0. The molecule has 12 heteroatoms. The number of nitrogens with one attached hydrogen (secondary N) is 1. The Kier molecular flexibility index (Phi) is 10.4. The monoisotopic (exact) mass is 622 g/mol. The highest BCUT2D eigenvalue weighted by molar-refractivity contribution is 7.89. The summed E-state index contributed by atoms with van der Waals surface area (Å²) in [6.07, 6.45) is 3.44. The van der Waals surface area contributed by atoms with E-state index in [4.69, 9.17) is 26.4 Å². The first-order valence-corrected chi connectivity index (χ1v) is 16.0.